The van der Waals surface area contributed by atoms with E-state index in [1.807, 2.05) is 4.90 Å². The van der Waals surface area contributed by atoms with Gasteiger partial charge in [-0.05, 0) is 19.3 Å². The van der Waals surface area contributed by atoms with Crippen molar-refractivity contribution in [2.24, 2.45) is 0 Å². The molecule has 100 valence electrons. The fourth-order valence-corrected chi connectivity index (χ4v) is 2.38. The minimum Gasteiger partial charge on any atom is -0.395 e. The van der Waals surface area contributed by atoms with Crippen LogP contribution in [0.15, 0.2) is 0 Å². The van der Waals surface area contributed by atoms with Gasteiger partial charge in [-0.25, -0.2) is 0 Å². The lowest BCUT2D eigenvalue weighted by Gasteiger charge is -2.28. The normalized spacial score (nSPS) is 16.4. The number of aliphatic hydroxyl groups is 1. The maximum Gasteiger partial charge on any atom is 0.225 e. The Morgan fingerprint density at radius 1 is 1.35 bits per heavy atom. The van der Waals surface area contributed by atoms with Crippen LogP contribution in [-0.4, -0.2) is 48.3 Å². The highest BCUT2D eigenvalue weighted by molar-refractivity contribution is 5.76. The van der Waals surface area contributed by atoms with Gasteiger partial charge in [-0.2, -0.15) is 0 Å². The summed E-state index contributed by atoms with van der Waals surface area (Å²) in [4.78, 5) is 13.9. The number of hydrogen-bond donors (Lipinski definition) is 1. The number of ether oxygens (including phenoxy) is 1. The summed E-state index contributed by atoms with van der Waals surface area (Å²) in [7, 11) is 0. The van der Waals surface area contributed by atoms with E-state index in [4.69, 9.17) is 9.84 Å². The van der Waals surface area contributed by atoms with Gasteiger partial charge in [0, 0.05) is 19.2 Å². The molecule has 0 unspecified atom stereocenters. The van der Waals surface area contributed by atoms with Gasteiger partial charge in [-0.15, -0.1) is 0 Å². The van der Waals surface area contributed by atoms with E-state index in [-0.39, 0.29) is 12.5 Å². The Morgan fingerprint density at radius 2 is 2.06 bits per heavy atom. The number of carbonyl (C=O) groups is 1. The van der Waals surface area contributed by atoms with Crippen LogP contribution in [0.5, 0.6) is 0 Å². The molecular weight excluding hydrogens is 218 g/mol. The van der Waals surface area contributed by atoms with Crippen molar-refractivity contribution in [3.05, 3.63) is 0 Å². The molecule has 1 amide bonds. The van der Waals surface area contributed by atoms with Gasteiger partial charge in [-0.3, -0.25) is 4.79 Å². The van der Waals surface area contributed by atoms with Gasteiger partial charge in [-0.1, -0.05) is 19.8 Å². The van der Waals surface area contributed by atoms with Crippen molar-refractivity contribution in [3.8, 4) is 0 Å². The molecule has 1 saturated carbocycles. The van der Waals surface area contributed by atoms with Crippen molar-refractivity contribution in [2.45, 2.75) is 51.5 Å². The van der Waals surface area contributed by atoms with E-state index >= 15 is 0 Å². The maximum atomic E-state index is 12.0. The molecule has 0 radical (unpaired) electrons. The molecule has 0 aromatic heterocycles. The molecule has 0 heterocycles. The smallest absolute Gasteiger partial charge is 0.225 e. The van der Waals surface area contributed by atoms with E-state index < -0.39 is 0 Å². The molecule has 1 N–H and O–H groups in total. The first kappa shape index (κ1) is 14.5. The van der Waals surface area contributed by atoms with Gasteiger partial charge in [0.25, 0.3) is 0 Å². The summed E-state index contributed by atoms with van der Waals surface area (Å²) in [6.45, 7) is 3.80. The Labute approximate surface area is 104 Å². The molecule has 1 aliphatic carbocycles. The average molecular weight is 243 g/mol. The highest BCUT2D eigenvalue weighted by Gasteiger charge is 2.25. The van der Waals surface area contributed by atoms with Crippen molar-refractivity contribution >= 4 is 5.91 Å². The summed E-state index contributed by atoms with van der Waals surface area (Å²) in [5.74, 6) is 0.127. The highest BCUT2D eigenvalue weighted by Crippen LogP contribution is 2.23. The van der Waals surface area contributed by atoms with Crippen molar-refractivity contribution in [1.29, 1.82) is 0 Å². The van der Waals surface area contributed by atoms with Gasteiger partial charge in [0.1, 0.15) is 0 Å². The van der Waals surface area contributed by atoms with Crippen LogP contribution in [0.1, 0.15) is 45.4 Å². The van der Waals surface area contributed by atoms with Crippen LogP contribution in [0.3, 0.4) is 0 Å². The highest BCUT2D eigenvalue weighted by atomic mass is 16.5. The van der Waals surface area contributed by atoms with Gasteiger partial charge in [0.2, 0.25) is 5.91 Å². The zero-order valence-electron chi connectivity index (χ0n) is 10.9. The maximum absolute atomic E-state index is 12.0. The summed E-state index contributed by atoms with van der Waals surface area (Å²) in [6.07, 6.45) is 6.00. The molecule has 1 aliphatic rings. The van der Waals surface area contributed by atoms with E-state index in [9.17, 15) is 4.79 Å². The molecule has 0 aliphatic heterocycles. The van der Waals surface area contributed by atoms with Crippen LogP contribution >= 0.6 is 0 Å². The number of carbonyl (C=O) groups excluding carboxylic acids is 1. The lowest BCUT2D eigenvalue weighted by molar-refractivity contribution is -0.135. The number of rotatable bonds is 8. The number of hydrogen-bond acceptors (Lipinski definition) is 3. The third-order valence-corrected chi connectivity index (χ3v) is 3.24. The topological polar surface area (TPSA) is 49.8 Å². The number of amides is 1. The minimum atomic E-state index is 0.0536. The largest absolute Gasteiger partial charge is 0.395 e. The van der Waals surface area contributed by atoms with Crippen LogP contribution in [0, 0.1) is 0 Å². The van der Waals surface area contributed by atoms with Gasteiger partial charge in [0.05, 0.1) is 19.6 Å². The zero-order valence-corrected chi connectivity index (χ0v) is 10.9. The number of nitrogens with zero attached hydrogens (tertiary/aromatic N) is 1. The quantitative estimate of drug-likeness (QED) is 0.658. The zero-order chi connectivity index (χ0) is 12.5. The standard InChI is InChI=1S/C13H25NO3/c1-2-10-17-11-7-13(16)14(8-9-15)12-5-3-4-6-12/h12,15H,2-11H2,1H3. The molecule has 0 aromatic rings. The summed E-state index contributed by atoms with van der Waals surface area (Å²) < 4.78 is 5.33. The van der Waals surface area contributed by atoms with Crippen LogP contribution in [0.2, 0.25) is 0 Å². The Hall–Kier alpha value is -0.610. The van der Waals surface area contributed by atoms with E-state index in [1.54, 1.807) is 0 Å². The minimum absolute atomic E-state index is 0.0536. The Bertz CT molecular complexity index is 215. The second-order valence-corrected chi connectivity index (χ2v) is 4.61. The van der Waals surface area contributed by atoms with Crippen molar-refractivity contribution in [1.82, 2.24) is 4.90 Å². The van der Waals surface area contributed by atoms with Crippen molar-refractivity contribution in [2.75, 3.05) is 26.4 Å². The summed E-state index contributed by atoms with van der Waals surface area (Å²) in [6, 6.07) is 0.348. The fourth-order valence-electron chi connectivity index (χ4n) is 2.38. The molecule has 0 spiro atoms. The van der Waals surface area contributed by atoms with E-state index in [1.165, 1.54) is 12.8 Å². The molecule has 0 bridgehead atoms. The third-order valence-electron chi connectivity index (χ3n) is 3.24. The Morgan fingerprint density at radius 3 is 2.65 bits per heavy atom. The molecule has 0 aromatic carbocycles. The first-order valence-electron chi connectivity index (χ1n) is 6.77. The monoisotopic (exact) mass is 243 g/mol. The molecule has 1 fully saturated rings. The Kier molecular flexibility index (Phi) is 7.21. The summed E-state index contributed by atoms with van der Waals surface area (Å²) >= 11 is 0. The van der Waals surface area contributed by atoms with Crippen LogP contribution < -0.4 is 0 Å². The molecule has 4 heteroatoms. The SMILES string of the molecule is CCCOCCC(=O)N(CCO)C1CCCC1. The molecule has 1 rings (SSSR count). The summed E-state index contributed by atoms with van der Waals surface area (Å²) in [5.41, 5.74) is 0. The summed E-state index contributed by atoms with van der Waals surface area (Å²) in [5, 5.41) is 9.03. The van der Waals surface area contributed by atoms with Crippen LogP contribution in [0.25, 0.3) is 0 Å². The fraction of sp³-hybridized carbons (Fsp3) is 0.923. The van der Waals surface area contributed by atoms with Gasteiger partial charge in [0.15, 0.2) is 0 Å². The van der Waals surface area contributed by atoms with Crippen molar-refractivity contribution < 1.29 is 14.6 Å². The van der Waals surface area contributed by atoms with E-state index in [0.717, 1.165) is 25.9 Å². The number of aliphatic hydroxyl groups excluding tert-OH is 1. The Balaban J connectivity index is 2.32. The lowest BCUT2D eigenvalue weighted by atomic mass is 10.2. The first-order chi connectivity index (χ1) is 8.29. The molecule has 0 atom stereocenters. The van der Waals surface area contributed by atoms with E-state index in [2.05, 4.69) is 6.92 Å². The molecule has 4 nitrogen and oxygen atoms in total. The lowest BCUT2D eigenvalue weighted by Crippen LogP contribution is -2.41. The molecule has 0 saturated heterocycles. The first-order valence-corrected chi connectivity index (χ1v) is 6.77. The third kappa shape index (κ3) is 5.04. The second-order valence-electron chi connectivity index (χ2n) is 4.61. The van der Waals surface area contributed by atoms with Gasteiger partial charge >= 0.3 is 0 Å². The van der Waals surface area contributed by atoms with Crippen molar-refractivity contribution in [3.63, 3.8) is 0 Å². The molecular formula is C13H25NO3. The second kappa shape index (κ2) is 8.48. The van der Waals surface area contributed by atoms with E-state index in [0.29, 0.717) is 25.6 Å². The van der Waals surface area contributed by atoms with Crippen LogP contribution in [-0.2, 0) is 9.53 Å². The predicted molar refractivity (Wildman–Crippen MR) is 66.8 cm³/mol. The van der Waals surface area contributed by atoms with Gasteiger partial charge < -0.3 is 14.7 Å². The predicted octanol–water partition coefficient (Wildman–Crippen LogP) is 1.57. The average Bonchev–Trinajstić information content (AvgIpc) is 2.85. The van der Waals surface area contributed by atoms with Crippen LogP contribution in [0.4, 0.5) is 0 Å². The molecule has 17 heavy (non-hydrogen) atoms.